The first-order valence-corrected chi connectivity index (χ1v) is 5.10. The summed E-state index contributed by atoms with van der Waals surface area (Å²) in [4.78, 5) is 11.8. The lowest BCUT2D eigenvalue weighted by Gasteiger charge is -2.11. The Bertz CT molecular complexity index is 388. The van der Waals surface area contributed by atoms with E-state index in [1.807, 2.05) is 6.92 Å². The topological polar surface area (TPSA) is 61.5 Å². The van der Waals surface area contributed by atoms with Gasteiger partial charge in [-0.25, -0.2) is 0 Å². The number of nitrogens with two attached hydrogens (primary N) is 1. The number of aryl methyl sites for hydroxylation is 1. The molecule has 0 amide bonds. The lowest BCUT2D eigenvalue weighted by Crippen LogP contribution is -2.10. The number of benzene rings is 1. The highest BCUT2D eigenvalue weighted by atomic mass is 16.5. The Kier molecular flexibility index (Phi) is 4.31. The van der Waals surface area contributed by atoms with Crippen LogP contribution in [0.25, 0.3) is 0 Å². The van der Waals surface area contributed by atoms with Crippen LogP contribution in [0, 0.1) is 6.92 Å². The summed E-state index contributed by atoms with van der Waals surface area (Å²) in [5, 5.41) is 0. The van der Waals surface area contributed by atoms with Gasteiger partial charge in [-0.05, 0) is 31.2 Å². The molecule has 0 aliphatic heterocycles. The molecule has 1 rings (SSSR count). The normalized spacial score (nSPS) is 10.0. The molecule has 0 atom stereocenters. The van der Waals surface area contributed by atoms with E-state index in [1.54, 1.807) is 26.4 Å². The molecule has 4 heteroatoms. The van der Waals surface area contributed by atoms with E-state index in [9.17, 15) is 4.79 Å². The van der Waals surface area contributed by atoms with E-state index >= 15 is 0 Å². The SMILES string of the molecule is COc1cc(C)c(C(=O)CCN)cc1OC. The zero-order valence-corrected chi connectivity index (χ0v) is 9.87. The van der Waals surface area contributed by atoms with Gasteiger partial charge in [-0.15, -0.1) is 0 Å². The second-order valence-corrected chi connectivity index (χ2v) is 3.48. The van der Waals surface area contributed by atoms with Crippen LogP contribution < -0.4 is 15.2 Å². The van der Waals surface area contributed by atoms with Crippen molar-refractivity contribution in [2.24, 2.45) is 5.73 Å². The van der Waals surface area contributed by atoms with Gasteiger partial charge in [0.2, 0.25) is 0 Å². The minimum atomic E-state index is 0.0287. The van der Waals surface area contributed by atoms with Crippen LogP contribution >= 0.6 is 0 Å². The van der Waals surface area contributed by atoms with Crippen LogP contribution in [-0.4, -0.2) is 26.5 Å². The molecular formula is C12H17NO3. The van der Waals surface area contributed by atoms with E-state index in [4.69, 9.17) is 15.2 Å². The first-order chi connectivity index (χ1) is 7.63. The van der Waals surface area contributed by atoms with Crippen molar-refractivity contribution in [2.75, 3.05) is 20.8 Å². The lowest BCUT2D eigenvalue weighted by atomic mass is 10.0. The maximum Gasteiger partial charge on any atom is 0.164 e. The third kappa shape index (κ3) is 2.52. The van der Waals surface area contributed by atoms with E-state index in [0.29, 0.717) is 30.0 Å². The number of ketones is 1. The number of hydrogen-bond donors (Lipinski definition) is 1. The number of carbonyl (C=O) groups excluding carboxylic acids is 1. The molecule has 0 bridgehead atoms. The van der Waals surface area contributed by atoms with Gasteiger partial charge in [0.15, 0.2) is 17.3 Å². The maximum absolute atomic E-state index is 11.8. The number of Topliss-reactive ketones (excluding diaryl/α,β-unsaturated/α-hetero) is 1. The van der Waals surface area contributed by atoms with Crippen molar-refractivity contribution in [3.8, 4) is 11.5 Å². The van der Waals surface area contributed by atoms with Gasteiger partial charge in [0.1, 0.15) is 0 Å². The number of hydrogen-bond acceptors (Lipinski definition) is 4. The van der Waals surface area contributed by atoms with Gasteiger partial charge >= 0.3 is 0 Å². The van der Waals surface area contributed by atoms with E-state index in [1.165, 1.54) is 0 Å². The fourth-order valence-electron chi connectivity index (χ4n) is 1.55. The summed E-state index contributed by atoms with van der Waals surface area (Å²) in [6, 6.07) is 3.49. The van der Waals surface area contributed by atoms with Gasteiger partial charge < -0.3 is 15.2 Å². The monoisotopic (exact) mass is 223 g/mol. The second kappa shape index (κ2) is 5.51. The standard InChI is InChI=1S/C12H17NO3/c1-8-6-11(15-2)12(16-3)7-9(8)10(14)4-5-13/h6-7H,4-5,13H2,1-3H3. The molecule has 0 heterocycles. The molecule has 4 nitrogen and oxygen atoms in total. The third-order valence-electron chi connectivity index (χ3n) is 2.40. The van der Waals surface area contributed by atoms with Crippen molar-refractivity contribution in [3.05, 3.63) is 23.3 Å². The van der Waals surface area contributed by atoms with E-state index < -0.39 is 0 Å². The lowest BCUT2D eigenvalue weighted by molar-refractivity contribution is 0.0984. The van der Waals surface area contributed by atoms with Crippen LogP contribution in [0.2, 0.25) is 0 Å². The minimum absolute atomic E-state index is 0.0287. The summed E-state index contributed by atoms with van der Waals surface area (Å²) >= 11 is 0. The molecule has 0 spiro atoms. The summed E-state index contributed by atoms with van der Waals surface area (Å²) in [5.41, 5.74) is 6.88. The average Bonchev–Trinajstić information content (AvgIpc) is 2.28. The minimum Gasteiger partial charge on any atom is -0.493 e. The molecule has 2 N–H and O–H groups in total. The van der Waals surface area contributed by atoms with Gasteiger partial charge in [-0.1, -0.05) is 0 Å². The zero-order chi connectivity index (χ0) is 12.1. The maximum atomic E-state index is 11.8. The Morgan fingerprint density at radius 1 is 1.25 bits per heavy atom. The molecule has 0 aliphatic carbocycles. The van der Waals surface area contributed by atoms with Crippen LogP contribution in [0.4, 0.5) is 0 Å². The summed E-state index contributed by atoms with van der Waals surface area (Å²) in [6.45, 7) is 2.22. The highest BCUT2D eigenvalue weighted by Gasteiger charge is 2.13. The largest absolute Gasteiger partial charge is 0.493 e. The summed E-state index contributed by atoms with van der Waals surface area (Å²) in [6.07, 6.45) is 0.344. The van der Waals surface area contributed by atoms with Crippen LogP contribution in [0.3, 0.4) is 0 Å². The van der Waals surface area contributed by atoms with E-state index in [0.717, 1.165) is 5.56 Å². The van der Waals surface area contributed by atoms with Crippen LogP contribution in [0.1, 0.15) is 22.3 Å². The Morgan fingerprint density at radius 2 is 1.81 bits per heavy atom. The average molecular weight is 223 g/mol. The fraction of sp³-hybridized carbons (Fsp3) is 0.417. The summed E-state index contributed by atoms with van der Waals surface area (Å²) in [7, 11) is 3.11. The smallest absolute Gasteiger partial charge is 0.164 e. The molecule has 0 saturated carbocycles. The summed E-state index contributed by atoms with van der Waals surface area (Å²) < 4.78 is 10.3. The highest BCUT2D eigenvalue weighted by Crippen LogP contribution is 2.30. The molecule has 0 radical (unpaired) electrons. The molecule has 0 saturated heterocycles. The number of ether oxygens (including phenoxy) is 2. The number of rotatable bonds is 5. The second-order valence-electron chi connectivity index (χ2n) is 3.48. The molecule has 0 unspecified atom stereocenters. The van der Waals surface area contributed by atoms with Crippen molar-refractivity contribution in [3.63, 3.8) is 0 Å². The Labute approximate surface area is 95.3 Å². The van der Waals surface area contributed by atoms with Crippen LogP contribution in [-0.2, 0) is 0 Å². The Morgan fingerprint density at radius 3 is 2.31 bits per heavy atom. The van der Waals surface area contributed by atoms with Crippen molar-refractivity contribution < 1.29 is 14.3 Å². The van der Waals surface area contributed by atoms with Gasteiger partial charge in [0, 0.05) is 12.0 Å². The molecular weight excluding hydrogens is 206 g/mol. The van der Waals surface area contributed by atoms with Crippen molar-refractivity contribution >= 4 is 5.78 Å². The summed E-state index contributed by atoms with van der Waals surface area (Å²) in [5.74, 6) is 1.22. The van der Waals surface area contributed by atoms with Crippen molar-refractivity contribution in [1.29, 1.82) is 0 Å². The van der Waals surface area contributed by atoms with Crippen molar-refractivity contribution in [2.45, 2.75) is 13.3 Å². The first kappa shape index (κ1) is 12.5. The first-order valence-electron chi connectivity index (χ1n) is 5.10. The quantitative estimate of drug-likeness (QED) is 0.769. The van der Waals surface area contributed by atoms with Crippen LogP contribution in [0.5, 0.6) is 11.5 Å². The molecule has 0 aromatic heterocycles. The molecule has 0 fully saturated rings. The number of carbonyl (C=O) groups is 1. The van der Waals surface area contributed by atoms with Gasteiger partial charge in [-0.3, -0.25) is 4.79 Å². The van der Waals surface area contributed by atoms with E-state index in [2.05, 4.69) is 0 Å². The van der Waals surface area contributed by atoms with Gasteiger partial charge in [0.25, 0.3) is 0 Å². The number of methoxy groups -OCH3 is 2. The highest BCUT2D eigenvalue weighted by molar-refractivity contribution is 5.98. The molecule has 1 aromatic rings. The van der Waals surface area contributed by atoms with Gasteiger partial charge in [0.05, 0.1) is 14.2 Å². The Balaban J connectivity index is 3.15. The predicted molar refractivity (Wildman–Crippen MR) is 62.3 cm³/mol. The fourth-order valence-corrected chi connectivity index (χ4v) is 1.55. The molecule has 16 heavy (non-hydrogen) atoms. The molecule has 0 aliphatic rings. The van der Waals surface area contributed by atoms with Gasteiger partial charge in [-0.2, -0.15) is 0 Å². The predicted octanol–water partition coefficient (Wildman–Crippen LogP) is 1.54. The molecule has 88 valence electrons. The van der Waals surface area contributed by atoms with Crippen LogP contribution in [0.15, 0.2) is 12.1 Å². The molecule has 1 aromatic carbocycles. The zero-order valence-electron chi connectivity index (χ0n) is 9.87. The third-order valence-corrected chi connectivity index (χ3v) is 2.40. The van der Waals surface area contributed by atoms with E-state index in [-0.39, 0.29) is 5.78 Å². The Hall–Kier alpha value is -1.55. The van der Waals surface area contributed by atoms with Crippen molar-refractivity contribution in [1.82, 2.24) is 0 Å².